The first-order valence-corrected chi connectivity index (χ1v) is 9.59. The lowest BCUT2D eigenvalue weighted by molar-refractivity contribution is -0.125. The summed E-state index contributed by atoms with van der Waals surface area (Å²) in [5.41, 5.74) is 6.70. The second kappa shape index (κ2) is 6.67. The van der Waals surface area contributed by atoms with Crippen LogP contribution in [0.3, 0.4) is 0 Å². The third-order valence-corrected chi connectivity index (χ3v) is 6.14. The molecule has 2 heteroatoms. The van der Waals surface area contributed by atoms with E-state index in [9.17, 15) is 4.79 Å². The molecule has 1 heterocycles. The molecule has 0 spiro atoms. The second-order valence-corrected chi connectivity index (χ2v) is 7.67. The van der Waals surface area contributed by atoms with Gasteiger partial charge in [-0.05, 0) is 67.5 Å². The Balaban J connectivity index is 1.79. The van der Waals surface area contributed by atoms with E-state index in [4.69, 9.17) is 0 Å². The molecule has 2 aromatic rings. The average Bonchev–Trinajstić information content (AvgIpc) is 2.64. The summed E-state index contributed by atoms with van der Waals surface area (Å²) in [6.07, 6.45) is 5.08. The lowest BCUT2D eigenvalue weighted by atomic mass is 9.76. The third-order valence-electron chi connectivity index (χ3n) is 6.14. The molecule has 0 unspecified atom stereocenters. The zero-order valence-corrected chi connectivity index (χ0v) is 15.3. The van der Waals surface area contributed by atoms with E-state index in [1.165, 1.54) is 34.4 Å². The first kappa shape index (κ1) is 16.4. The molecule has 25 heavy (non-hydrogen) atoms. The molecule has 2 aromatic carbocycles. The number of carbonyl (C=O) groups is 1. The van der Waals surface area contributed by atoms with E-state index in [-0.39, 0.29) is 12.0 Å². The highest BCUT2D eigenvalue weighted by atomic mass is 16.1. The normalized spacial score (nSPS) is 23.4. The molecule has 1 saturated carbocycles. The molecule has 0 bridgehead atoms. The van der Waals surface area contributed by atoms with Crippen molar-refractivity contribution in [3.63, 3.8) is 0 Å². The zero-order chi connectivity index (χ0) is 17.4. The Kier molecular flexibility index (Phi) is 4.37. The Hall–Kier alpha value is -2.09. The van der Waals surface area contributed by atoms with Crippen LogP contribution in [-0.4, -0.2) is 12.3 Å². The Morgan fingerprint density at radius 3 is 2.60 bits per heavy atom. The van der Waals surface area contributed by atoms with E-state index >= 15 is 0 Å². The van der Waals surface area contributed by atoms with Gasteiger partial charge in [0.25, 0.3) is 0 Å². The molecule has 0 N–H and O–H groups in total. The van der Waals surface area contributed by atoms with Crippen molar-refractivity contribution in [2.24, 2.45) is 5.92 Å². The number of nitrogens with zero attached hydrogens (tertiary/aromatic N) is 1. The summed E-state index contributed by atoms with van der Waals surface area (Å²) in [4.78, 5) is 15.3. The van der Waals surface area contributed by atoms with Crippen molar-refractivity contribution in [3.05, 3.63) is 64.7 Å². The van der Waals surface area contributed by atoms with Crippen molar-refractivity contribution in [2.45, 2.75) is 52.0 Å². The number of fused-ring (bicyclic) bond motifs is 1. The zero-order valence-electron chi connectivity index (χ0n) is 15.3. The summed E-state index contributed by atoms with van der Waals surface area (Å²) in [7, 11) is 0. The Morgan fingerprint density at radius 1 is 0.960 bits per heavy atom. The van der Waals surface area contributed by atoms with Crippen molar-refractivity contribution in [1.82, 2.24) is 0 Å². The number of carbonyl (C=O) groups excluding carboxylic acids is 1. The lowest BCUT2D eigenvalue weighted by Gasteiger charge is -2.44. The highest BCUT2D eigenvalue weighted by molar-refractivity contribution is 5.83. The Bertz CT molecular complexity index is 794. The average molecular weight is 333 g/mol. The van der Waals surface area contributed by atoms with Gasteiger partial charge >= 0.3 is 0 Å². The topological polar surface area (TPSA) is 20.3 Å². The summed E-state index contributed by atoms with van der Waals surface area (Å²) >= 11 is 0. The largest absolute Gasteiger partial charge is 0.363 e. The molecule has 0 amide bonds. The van der Waals surface area contributed by atoms with E-state index < -0.39 is 0 Å². The molecule has 1 aliphatic carbocycles. The van der Waals surface area contributed by atoms with Crippen LogP contribution in [0, 0.1) is 19.8 Å². The minimum Gasteiger partial charge on any atom is -0.363 e. The minimum atomic E-state index is 0.136. The number of ketones is 1. The van der Waals surface area contributed by atoms with Gasteiger partial charge < -0.3 is 4.90 Å². The van der Waals surface area contributed by atoms with Crippen LogP contribution in [0.15, 0.2) is 42.5 Å². The number of rotatable bonds is 2. The van der Waals surface area contributed by atoms with Gasteiger partial charge in [0, 0.05) is 24.6 Å². The summed E-state index contributed by atoms with van der Waals surface area (Å²) < 4.78 is 0. The van der Waals surface area contributed by atoms with E-state index in [1.807, 2.05) is 0 Å². The molecule has 0 saturated heterocycles. The van der Waals surface area contributed by atoms with Crippen LogP contribution in [0.25, 0.3) is 0 Å². The maximum absolute atomic E-state index is 12.8. The van der Waals surface area contributed by atoms with Gasteiger partial charge in [0.1, 0.15) is 5.78 Å². The third kappa shape index (κ3) is 2.99. The van der Waals surface area contributed by atoms with Crippen LogP contribution >= 0.6 is 0 Å². The summed E-state index contributed by atoms with van der Waals surface area (Å²) in [5.74, 6) is 0.596. The lowest BCUT2D eigenvalue weighted by Crippen LogP contribution is -2.42. The quantitative estimate of drug-likeness (QED) is 0.756. The summed E-state index contributed by atoms with van der Waals surface area (Å²) in [5, 5.41) is 0. The fourth-order valence-corrected chi connectivity index (χ4v) is 4.57. The van der Waals surface area contributed by atoms with Gasteiger partial charge in [0.2, 0.25) is 0 Å². The van der Waals surface area contributed by atoms with Gasteiger partial charge in [0.15, 0.2) is 0 Å². The van der Waals surface area contributed by atoms with E-state index in [1.54, 1.807) is 0 Å². The molecular formula is C23H27NO. The minimum absolute atomic E-state index is 0.136. The van der Waals surface area contributed by atoms with Crippen LogP contribution in [0.1, 0.15) is 54.0 Å². The number of Topliss-reactive ketones (excluding diaryl/α,β-unsaturated/α-hetero) is 1. The van der Waals surface area contributed by atoms with Crippen molar-refractivity contribution in [2.75, 3.05) is 11.4 Å². The molecule has 1 aliphatic heterocycles. The number of hydrogen-bond acceptors (Lipinski definition) is 2. The number of hydrogen-bond donors (Lipinski definition) is 0. The second-order valence-electron chi connectivity index (χ2n) is 7.67. The smallest absolute Gasteiger partial charge is 0.138 e. The van der Waals surface area contributed by atoms with Crippen LogP contribution in [-0.2, 0) is 11.2 Å². The van der Waals surface area contributed by atoms with E-state index in [0.717, 1.165) is 32.2 Å². The van der Waals surface area contributed by atoms with Crippen LogP contribution in [0.5, 0.6) is 0 Å². The van der Waals surface area contributed by atoms with Gasteiger partial charge in [-0.1, -0.05) is 36.8 Å². The molecule has 130 valence electrons. The fraction of sp³-hybridized carbons (Fsp3) is 0.435. The SMILES string of the molecule is Cc1ccc(N2CCc3ccccc3[C@@H]2[C@@H]2CCCCC2=O)cc1C. The van der Waals surface area contributed by atoms with Crippen molar-refractivity contribution < 1.29 is 4.79 Å². The van der Waals surface area contributed by atoms with Crippen molar-refractivity contribution in [1.29, 1.82) is 0 Å². The Labute approximate surface area is 150 Å². The molecular weight excluding hydrogens is 306 g/mol. The van der Waals surface area contributed by atoms with Gasteiger partial charge in [-0.3, -0.25) is 4.79 Å². The van der Waals surface area contributed by atoms with Gasteiger partial charge in [-0.2, -0.15) is 0 Å². The number of benzene rings is 2. The van der Waals surface area contributed by atoms with Gasteiger partial charge in [-0.25, -0.2) is 0 Å². The first-order valence-electron chi connectivity index (χ1n) is 9.59. The van der Waals surface area contributed by atoms with E-state index in [0.29, 0.717) is 5.78 Å². The van der Waals surface area contributed by atoms with Crippen LogP contribution < -0.4 is 4.90 Å². The van der Waals surface area contributed by atoms with Gasteiger partial charge in [0.05, 0.1) is 6.04 Å². The molecule has 2 atom stereocenters. The molecule has 2 aliphatic rings. The van der Waals surface area contributed by atoms with Crippen molar-refractivity contribution >= 4 is 11.5 Å². The first-order chi connectivity index (χ1) is 12.1. The molecule has 2 nitrogen and oxygen atoms in total. The molecule has 4 rings (SSSR count). The molecule has 1 fully saturated rings. The standard InChI is InChI=1S/C23H27NO/c1-16-11-12-19(15-17(16)2)24-14-13-18-7-3-4-8-20(18)23(24)21-9-5-6-10-22(21)25/h3-4,7-8,11-12,15,21,23H,5-6,9-10,13-14H2,1-2H3/t21-,23-/m1/s1. The maximum atomic E-state index is 12.8. The maximum Gasteiger partial charge on any atom is 0.138 e. The fourth-order valence-electron chi connectivity index (χ4n) is 4.57. The predicted octanol–water partition coefficient (Wildman–Crippen LogP) is 5.17. The molecule has 0 aromatic heterocycles. The number of aryl methyl sites for hydroxylation is 2. The van der Waals surface area contributed by atoms with Gasteiger partial charge in [-0.15, -0.1) is 0 Å². The Morgan fingerprint density at radius 2 is 1.80 bits per heavy atom. The highest BCUT2D eigenvalue weighted by Crippen LogP contribution is 2.42. The van der Waals surface area contributed by atoms with Crippen LogP contribution in [0.2, 0.25) is 0 Å². The summed E-state index contributed by atoms with van der Waals surface area (Å²) in [6, 6.07) is 15.7. The summed E-state index contributed by atoms with van der Waals surface area (Å²) in [6.45, 7) is 5.33. The predicted molar refractivity (Wildman–Crippen MR) is 103 cm³/mol. The monoisotopic (exact) mass is 333 g/mol. The van der Waals surface area contributed by atoms with Crippen LogP contribution in [0.4, 0.5) is 5.69 Å². The van der Waals surface area contributed by atoms with Crippen molar-refractivity contribution in [3.8, 4) is 0 Å². The molecule has 0 radical (unpaired) electrons. The van der Waals surface area contributed by atoms with E-state index in [2.05, 4.69) is 61.2 Å². The highest BCUT2D eigenvalue weighted by Gasteiger charge is 2.38. The number of anilines is 1.